The molecule has 0 atom stereocenters. The Morgan fingerprint density at radius 2 is 1.78 bits per heavy atom. The van der Waals surface area contributed by atoms with Crippen LogP contribution in [0.2, 0.25) is 0 Å². The number of hydrogen-bond donors (Lipinski definition) is 0. The van der Waals surface area contributed by atoms with Gasteiger partial charge in [0.1, 0.15) is 11.3 Å². The lowest BCUT2D eigenvalue weighted by Gasteiger charge is -2.20. The molecule has 0 saturated carbocycles. The number of methoxy groups -OCH3 is 1. The van der Waals surface area contributed by atoms with Crippen molar-refractivity contribution in [2.45, 2.75) is 6.18 Å². The van der Waals surface area contributed by atoms with Gasteiger partial charge < -0.3 is 14.1 Å². The molecule has 1 aromatic heterocycles. The van der Waals surface area contributed by atoms with E-state index in [1.54, 1.807) is 30.3 Å². The zero-order valence-corrected chi connectivity index (χ0v) is 14.3. The van der Waals surface area contributed by atoms with Gasteiger partial charge in [0, 0.05) is 23.7 Å². The number of carbonyl (C=O) groups is 1. The van der Waals surface area contributed by atoms with Crippen LogP contribution in [0.1, 0.15) is 0 Å². The highest BCUT2D eigenvalue weighted by molar-refractivity contribution is 5.97. The largest absolute Gasteiger partial charge is 0.496 e. The molecule has 0 aliphatic heterocycles. The van der Waals surface area contributed by atoms with Crippen LogP contribution in [-0.4, -0.2) is 26.2 Å². The Balaban J connectivity index is 2.17. The molecule has 0 fully saturated rings. The molecule has 0 aliphatic rings. The van der Waals surface area contributed by atoms with Gasteiger partial charge >= 0.3 is 17.7 Å². The third-order valence-corrected chi connectivity index (χ3v) is 4.05. The minimum atomic E-state index is -5.02. The smallest absolute Gasteiger partial charge is 0.471 e. The van der Waals surface area contributed by atoms with Crippen molar-refractivity contribution in [1.82, 2.24) is 0 Å². The van der Waals surface area contributed by atoms with Gasteiger partial charge in [0.25, 0.3) is 0 Å². The summed E-state index contributed by atoms with van der Waals surface area (Å²) < 4.78 is 48.6. The van der Waals surface area contributed by atoms with Gasteiger partial charge in [-0.1, -0.05) is 18.2 Å². The van der Waals surface area contributed by atoms with Crippen LogP contribution >= 0.6 is 0 Å². The first-order chi connectivity index (χ1) is 12.7. The fourth-order valence-electron chi connectivity index (χ4n) is 2.67. The van der Waals surface area contributed by atoms with Gasteiger partial charge in [-0.05, 0) is 30.3 Å². The molecule has 0 unspecified atom stereocenters. The second-order valence-corrected chi connectivity index (χ2v) is 5.73. The molecule has 0 radical (unpaired) electrons. The monoisotopic (exact) mass is 377 g/mol. The molecule has 27 heavy (non-hydrogen) atoms. The van der Waals surface area contributed by atoms with E-state index < -0.39 is 17.7 Å². The number of anilines is 1. The minimum absolute atomic E-state index is 0.0410. The van der Waals surface area contributed by atoms with Gasteiger partial charge in [0.2, 0.25) is 0 Å². The van der Waals surface area contributed by atoms with Gasteiger partial charge in [0.15, 0.2) is 0 Å². The summed E-state index contributed by atoms with van der Waals surface area (Å²) in [6.07, 6.45) is -5.02. The fraction of sp³-hybridized carbons (Fsp3) is 0.158. The Morgan fingerprint density at radius 3 is 2.44 bits per heavy atom. The van der Waals surface area contributed by atoms with E-state index in [2.05, 4.69) is 0 Å². The van der Waals surface area contributed by atoms with Crippen LogP contribution in [0.4, 0.5) is 18.9 Å². The van der Waals surface area contributed by atoms with Gasteiger partial charge in [-0.2, -0.15) is 13.2 Å². The molecule has 0 spiro atoms. The number of alkyl halides is 3. The summed E-state index contributed by atoms with van der Waals surface area (Å²) in [4.78, 5) is 24.4. The fourth-order valence-corrected chi connectivity index (χ4v) is 2.67. The van der Waals surface area contributed by atoms with Crippen LogP contribution in [0.3, 0.4) is 0 Å². The van der Waals surface area contributed by atoms with Crippen molar-refractivity contribution in [1.29, 1.82) is 0 Å². The predicted octanol–water partition coefficient (Wildman–Crippen LogP) is 3.99. The highest BCUT2D eigenvalue weighted by Gasteiger charge is 2.41. The molecular formula is C19H14F3NO4. The van der Waals surface area contributed by atoms with E-state index in [0.29, 0.717) is 15.9 Å². The number of fused-ring (bicyclic) bond motifs is 1. The van der Waals surface area contributed by atoms with Crippen molar-refractivity contribution >= 4 is 22.6 Å². The van der Waals surface area contributed by atoms with Crippen LogP contribution in [0, 0.1) is 0 Å². The summed E-state index contributed by atoms with van der Waals surface area (Å²) in [7, 11) is 2.37. The second kappa shape index (κ2) is 6.79. The Bertz CT molecular complexity index is 1070. The molecule has 0 N–H and O–H groups in total. The molecular weight excluding hydrogens is 363 g/mol. The first kappa shape index (κ1) is 18.5. The average molecular weight is 377 g/mol. The maximum Gasteiger partial charge on any atom is 0.471 e. The Morgan fingerprint density at radius 1 is 1.07 bits per heavy atom. The van der Waals surface area contributed by atoms with Crippen molar-refractivity contribution in [2.24, 2.45) is 0 Å². The zero-order chi connectivity index (χ0) is 19.8. The van der Waals surface area contributed by atoms with Gasteiger partial charge in [-0.3, -0.25) is 4.79 Å². The van der Waals surface area contributed by atoms with E-state index in [1.807, 2.05) is 0 Å². The van der Waals surface area contributed by atoms with E-state index in [4.69, 9.17) is 9.15 Å². The number of ether oxygens (including phenoxy) is 1. The van der Waals surface area contributed by atoms with Crippen LogP contribution in [-0.2, 0) is 4.79 Å². The third-order valence-electron chi connectivity index (χ3n) is 4.05. The molecule has 0 bridgehead atoms. The summed E-state index contributed by atoms with van der Waals surface area (Å²) in [5.41, 5.74) is -0.00282. The molecule has 3 rings (SSSR count). The molecule has 0 aliphatic carbocycles. The highest BCUT2D eigenvalue weighted by atomic mass is 19.4. The number of para-hydroxylation sites is 1. The lowest BCUT2D eigenvalue weighted by molar-refractivity contribution is -0.170. The molecule has 2 aromatic carbocycles. The summed E-state index contributed by atoms with van der Waals surface area (Å²) in [6.45, 7) is 0. The van der Waals surface area contributed by atoms with E-state index in [0.717, 1.165) is 7.05 Å². The van der Waals surface area contributed by atoms with Crippen molar-refractivity contribution in [3.63, 3.8) is 0 Å². The van der Waals surface area contributed by atoms with Crippen LogP contribution < -0.4 is 15.3 Å². The molecule has 8 heteroatoms. The summed E-state index contributed by atoms with van der Waals surface area (Å²) in [5.74, 6) is -1.77. The Kier molecular flexibility index (Phi) is 4.65. The number of benzene rings is 2. The maximum absolute atomic E-state index is 12.7. The molecule has 1 amide bonds. The quantitative estimate of drug-likeness (QED) is 0.648. The molecule has 1 heterocycles. The molecule has 5 nitrogen and oxygen atoms in total. The summed E-state index contributed by atoms with van der Waals surface area (Å²) in [6, 6.07) is 12.4. The molecule has 140 valence electrons. The van der Waals surface area contributed by atoms with E-state index in [-0.39, 0.29) is 22.6 Å². The van der Waals surface area contributed by atoms with Crippen molar-refractivity contribution in [3.05, 3.63) is 59.0 Å². The second-order valence-electron chi connectivity index (χ2n) is 5.73. The van der Waals surface area contributed by atoms with E-state index in [9.17, 15) is 22.8 Å². The third kappa shape index (κ3) is 3.51. The zero-order valence-electron chi connectivity index (χ0n) is 14.3. The predicted molar refractivity (Wildman–Crippen MR) is 93.9 cm³/mol. The average Bonchev–Trinajstić information content (AvgIpc) is 2.65. The Hall–Kier alpha value is -3.29. The minimum Gasteiger partial charge on any atom is -0.496 e. The number of rotatable bonds is 3. The van der Waals surface area contributed by atoms with Gasteiger partial charge in [-0.15, -0.1) is 0 Å². The van der Waals surface area contributed by atoms with Crippen LogP contribution in [0.15, 0.2) is 57.7 Å². The van der Waals surface area contributed by atoms with Crippen molar-refractivity contribution in [2.75, 3.05) is 19.1 Å². The normalized spacial score (nSPS) is 11.4. The highest BCUT2D eigenvalue weighted by Crippen LogP contribution is 2.34. The topological polar surface area (TPSA) is 59.8 Å². The number of nitrogens with zero attached hydrogens (tertiary/aromatic N) is 1. The number of hydrogen-bond acceptors (Lipinski definition) is 4. The number of amides is 1. The standard InChI is InChI=1S/C19H14F3NO4/c1-23(18(25)19(20,21)22)12-7-8-16(26-2)13(10-12)14-9-11-5-3-4-6-15(11)27-17(14)24/h3-10H,1-2H3. The van der Waals surface area contributed by atoms with Gasteiger partial charge in [0.05, 0.1) is 12.7 Å². The first-order valence-corrected chi connectivity index (χ1v) is 7.78. The number of carbonyl (C=O) groups excluding carboxylic acids is 1. The lowest BCUT2D eigenvalue weighted by atomic mass is 10.0. The molecule has 3 aromatic rings. The maximum atomic E-state index is 12.7. The van der Waals surface area contributed by atoms with E-state index in [1.165, 1.54) is 25.3 Å². The van der Waals surface area contributed by atoms with Crippen LogP contribution in [0.25, 0.3) is 22.1 Å². The SMILES string of the molecule is COc1ccc(N(C)C(=O)C(F)(F)F)cc1-c1cc2ccccc2oc1=O. The summed E-state index contributed by atoms with van der Waals surface area (Å²) in [5, 5.41) is 0.638. The van der Waals surface area contributed by atoms with Crippen molar-refractivity contribution in [3.8, 4) is 16.9 Å². The molecule has 0 saturated heterocycles. The van der Waals surface area contributed by atoms with Crippen molar-refractivity contribution < 1.29 is 27.1 Å². The van der Waals surface area contributed by atoms with E-state index >= 15 is 0 Å². The first-order valence-electron chi connectivity index (χ1n) is 7.78. The lowest BCUT2D eigenvalue weighted by Crippen LogP contribution is -2.38. The van der Waals surface area contributed by atoms with Gasteiger partial charge in [-0.25, -0.2) is 4.79 Å². The number of halogens is 3. The summed E-state index contributed by atoms with van der Waals surface area (Å²) >= 11 is 0. The van der Waals surface area contributed by atoms with Crippen LogP contribution in [0.5, 0.6) is 5.75 Å². The Labute approximate surface area is 151 Å².